The van der Waals surface area contributed by atoms with Crippen molar-refractivity contribution in [2.75, 3.05) is 7.11 Å². The second kappa shape index (κ2) is 4.97. The molecule has 2 fully saturated rings. The van der Waals surface area contributed by atoms with E-state index in [0.29, 0.717) is 17.9 Å². The fourth-order valence-corrected chi connectivity index (χ4v) is 4.39. The minimum Gasteiger partial charge on any atom is -0.363 e. The molecular weight excluding hydrogens is 258 g/mol. The Kier molecular flexibility index (Phi) is 3.09. The number of hydrogen-bond donors (Lipinski definition) is 1. The molecule has 1 N–H and O–H groups in total. The molecule has 2 aromatic carbocycles. The maximum absolute atomic E-state index is 6.00. The van der Waals surface area contributed by atoms with Gasteiger partial charge in [-0.05, 0) is 24.0 Å². The standard InChI is InChI=1S/C19H21NO/c1-21-19-13-12-16(20-19)17(14-8-4-2-5-9-14)18(19)15-10-6-3-7-11-15/h2-11,16-18,20H,12-13H2,1H3/t16-,17+,18-,19-/m1/s1. The molecule has 0 spiro atoms. The molecule has 108 valence electrons. The molecule has 0 unspecified atom stereocenters. The van der Waals surface area contributed by atoms with Gasteiger partial charge in [0.25, 0.3) is 0 Å². The normalized spacial score (nSPS) is 34.2. The van der Waals surface area contributed by atoms with E-state index >= 15 is 0 Å². The Balaban J connectivity index is 1.82. The summed E-state index contributed by atoms with van der Waals surface area (Å²) in [5.74, 6) is 0.868. The van der Waals surface area contributed by atoms with E-state index in [1.165, 1.54) is 17.5 Å². The van der Waals surface area contributed by atoms with Crippen LogP contribution in [0.3, 0.4) is 0 Å². The maximum atomic E-state index is 6.00. The molecule has 0 saturated carbocycles. The predicted molar refractivity (Wildman–Crippen MR) is 84.3 cm³/mol. The van der Waals surface area contributed by atoms with Crippen LogP contribution in [0.4, 0.5) is 0 Å². The van der Waals surface area contributed by atoms with E-state index in [1.54, 1.807) is 0 Å². The van der Waals surface area contributed by atoms with E-state index in [1.807, 2.05) is 7.11 Å². The number of ether oxygens (including phenoxy) is 1. The lowest BCUT2D eigenvalue weighted by Gasteiger charge is -2.37. The molecule has 0 aliphatic carbocycles. The summed E-state index contributed by atoms with van der Waals surface area (Å²) in [6.07, 6.45) is 2.29. The quantitative estimate of drug-likeness (QED) is 0.925. The van der Waals surface area contributed by atoms with Gasteiger partial charge in [0.05, 0.1) is 0 Å². The number of hydrogen-bond acceptors (Lipinski definition) is 2. The van der Waals surface area contributed by atoms with Gasteiger partial charge in [-0.25, -0.2) is 0 Å². The largest absolute Gasteiger partial charge is 0.363 e. The Labute approximate surface area is 126 Å². The first-order valence-electron chi connectivity index (χ1n) is 7.77. The van der Waals surface area contributed by atoms with Crippen LogP contribution in [-0.2, 0) is 4.74 Å². The molecule has 2 aromatic rings. The number of methoxy groups -OCH3 is 1. The van der Waals surface area contributed by atoms with Crippen molar-refractivity contribution in [2.45, 2.75) is 36.4 Å². The van der Waals surface area contributed by atoms with Crippen molar-refractivity contribution in [1.29, 1.82) is 0 Å². The summed E-state index contributed by atoms with van der Waals surface area (Å²) in [5, 5.41) is 3.77. The molecule has 2 heteroatoms. The number of nitrogens with one attached hydrogen (secondary N) is 1. The molecule has 0 radical (unpaired) electrons. The smallest absolute Gasteiger partial charge is 0.126 e. The molecule has 0 aromatic heterocycles. The third-order valence-electron chi connectivity index (χ3n) is 5.26. The fourth-order valence-electron chi connectivity index (χ4n) is 4.39. The van der Waals surface area contributed by atoms with Crippen LogP contribution < -0.4 is 5.32 Å². The van der Waals surface area contributed by atoms with Crippen LogP contribution in [0, 0.1) is 0 Å². The summed E-state index contributed by atoms with van der Waals surface area (Å²) in [6.45, 7) is 0. The van der Waals surface area contributed by atoms with Gasteiger partial charge in [-0.1, -0.05) is 60.7 Å². The summed E-state index contributed by atoms with van der Waals surface area (Å²) in [7, 11) is 1.85. The second-order valence-corrected chi connectivity index (χ2v) is 6.21. The predicted octanol–water partition coefficient (Wildman–Crippen LogP) is 3.66. The van der Waals surface area contributed by atoms with Crippen LogP contribution in [0.1, 0.15) is 35.8 Å². The molecule has 2 bridgehead atoms. The zero-order valence-corrected chi connectivity index (χ0v) is 12.3. The van der Waals surface area contributed by atoms with Crippen molar-refractivity contribution in [3.05, 3.63) is 71.8 Å². The highest BCUT2D eigenvalue weighted by Gasteiger charge is 2.58. The van der Waals surface area contributed by atoms with Gasteiger partial charge in [-0.3, -0.25) is 5.32 Å². The highest BCUT2D eigenvalue weighted by Crippen LogP contribution is 2.55. The van der Waals surface area contributed by atoms with Crippen LogP contribution in [0.25, 0.3) is 0 Å². The molecule has 2 saturated heterocycles. The maximum Gasteiger partial charge on any atom is 0.126 e. The first kappa shape index (κ1) is 13.1. The second-order valence-electron chi connectivity index (χ2n) is 6.21. The highest BCUT2D eigenvalue weighted by molar-refractivity contribution is 5.37. The lowest BCUT2D eigenvalue weighted by molar-refractivity contribution is -0.0352. The van der Waals surface area contributed by atoms with Crippen molar-refractivity contribution in [2.24, 2.45) is 0 Å². The Morgan fingerprint density at radius 2 is 1.57 bits per heavy atom. The van der Waals surface area contributed by atoms with Crippen molar-refractivity contribution in [3.63, 3.8) is 0 Å². The summed E-state index contributed by atoms with van der Waals surface area (Å²) in [6, 6.07) is 22.2. The van der Waals surface area contributed by atoms with Crippen molar-refractivity contribution >= 4 is 0 Å². The monoisotopic (exact) mass is 279 g/mol. The lowest BCUT2D eigenvalue weighted by Crippen LogP contribution is -2.43. The zero-order valence-electron chi connectivity index (χ0n) is 12.3. The Hall–Kier alpha value is -1.64. The number of benzene rings is 2. The first-order valence-corrected chi connectivity index (χ1v) is 7.77. The molecule has 2 aliphatic rings. The highest BCUT2D eigenvalue weighted by atomic mass is 16.5. The van der Waals surface area contributed by atoms with Crippen LogP contribution in [0.15, 0.2) is 60.7 Å². The minimum absolute atomic E-state index is 0.202. The van der Waals surface area contributed by atoms with Crippen LogP contribution in [0.5, 0.6) is 0 Å². The summed E-state index contributed by atoms with van der Waals surface area (Å²) < 4.78 is 6.00. The van der Waals surface area contributed by atoms with Gasteiger partial charge in [0.1, 0.15) is 5.72 Å². The van der Waals surface area contributed by atoms with Crippen molar-refractivity contribution in [1.82, 2.24) is 5.32 Å². The molecule has 0 amide bonds. The SMILES string of the molecule is CO[C@@]12CC[C@@H](N1)[C@H](c1ccccc1)[C@H]2c1ccccc1. The average molecular weight is 279 g/mol. The number of rotatable bonds is 3. The molecule has 2 aliphatic heterocycles. The molecule has 21 heavy (non-hydrogen) atoms. The van der Waals surface area contributed by atoms with Gasteiger partial charge in [-0.15, -0.1) is 0 Å². The molecule has 4 atom stereocenters. The van der Waals surface area contributed by atoms with E-state index in [4.69, 9.17) is 4.74 Å². The van der Waals surface area contributed by atoms with Gasteiger partial charge in [0.15, 0.2) is 0 Å². The Morgan fingerprint density at radius 1 is 0.952 bits per heavy atom. The van der Waals surface area contributed by atoms with Crippen molar-refractivity contribution in [3.8, 4) is 0 Å². The van der Waals surface area contributed by atoms with Gasteiger partial charge < -0.3 is 4.74 Å². The van der Waals surface area contributed by atoms with E-state index in [2.05, 4.69) is 66.0 Å². The minimum atomic E-state index is -0.202. The molecule has 4 rings (SSSR count). The van der Waals surface area contributed by atoms with Crippen LogP contribution in [0.2, 0.25) is 0 Å². The lowest BCUT2D eigenvalue weighted by atomic mass is 9.70. The number of fused-ring (bicyclic) bond motifs is 2. The van der Waals surface area contributed by atoms with Crippen LogP contribution >= 0.6 is 0 Å². The van der Waals surface area contributed by atoms with E-state index in [0.717, 1.165) is 6.42 Å². The van der Waals surface area contributed by atoms with Crippen LogP contribution in [-0.4, -0.2) is 18.9 Å². The van der Waals surface area contributed by atoms with Gasteiger partial charge in [0, 0.05) is 25.0 Å². The van der Waals surface area contributed by atoms with Crippen molar-refractivity contribution < 1.29 is 4.74 Å². The Morgan fingerprint density at radius 3 is 2.19 bits per heavy atom. The molecule has 2 nitrogen and oxygen atoms in total. The van der Waals surface area contributed by atoms with E-state index < -0.39 is 0 Å². The molecular formula is C19H21NO. The molecule has 2 heterocycles. The summed E-state index contributed by atoms with van der Waals surface area (Å²) >= 11 is 0. The van der Waals surface area contributed by atoms with Gasteiger partial charge >= 0.3 is 0 Å². The van der Waals surface area contributed by atoms with E-state index in [-0.39, 0.29) is 5.72 Å². The topological polar surface area (TPSA) is 21.3 Å². The van der Waals surface area contributed by atoms with Gasteiger partial charge in [-0.2, -0.15) is 0 Å². The average Bonchev–Trinajstić information content (AvgIpc) is 3.13. The first-order chi connectivity index (χ1) is 10.3. The fraction of sp³-hybridized carbons (Fsp3) is 0.368. The third kappa shape index (κ3) is 1.94. The Bertz CT molecular complexity index is 612. The third-order valence-corrected chi connectivity index (χ3v) is 5.26. The summed E-state index contributed by atoms with van der Waals surface area (Å²) in [5.41, 5.74) is 2.59. The summed E-state index contributed by atoms with van der Waals surface area (Å²) in [4.78, 5) is 0. The van der Waals surface area contributed by atoms with Gasteiger partial charge in [0.2, 0.25) is 0 Å². The zero-order chi connectivity index (χ0) is 14.3. The van der Waals surface area contributed by atoms with E-state index in [9.17, 15) is 0 Å².